The predicted molar refractivity (Wildman–Crippen MR) is 159 cm³/mol. The molecule has 1 aliphatic rings. The molecule has 13 heteroatoms. The van der Waals surface area contributed by atoms with E-state index in [1.165, 1.54) is 4.68 Å². The summed E-state index contributed by atoms with van der Waals surface area (Å²) < 4.78 is 50.4. The number of halogens is 2. The van der Waals surface area contributed by atoms with E-state index in [0.717, 1.165) is 23.8 Å². The highest BCUT2D eigenvalue weighted by atomic mass is 19.3. The molecular weight excluding hydrogens is 560 g/mol. The van der Waals surface area contributed by atoms with Gasteiger partial charge in [0.1, 0.15) is 6.10 Å². The monoisotopic (exact) mass is 599 g/mol. The number of alkyl halides is 2. The molecule has 43 heavy (non-hydrogen) atoms. The second kappa shape index (κ2) is 12.1. The molecule has 0 saturated heterocycles. The number of hydrogen-bond donors (Lipinski definition) is 2. The maximum absolute atomic E-state index is 15.1. The van der Waals surface area contributed by atoms with Gasteiger partial charge in [0.25, 0.3) is 0 Å². The number of methoxy groups -OCH3 is 1. The zero-order chi connectivity index (χ0) is 31.1. The third-order valence-corrected chi connectivity index (χ3v) is 7.31. The highest BCUT2D eigenvalue weighted by Gasteiger charge is 2.41. The number of aromatic nitrogens is 6. The molecule has 4 heterocycles. The highest BCUT2D eigenvalue weighted by Crippen LogP contribution is 2.43. The normalized spacial score (nSPS) is 17.8. The molecule has 1 aromatic carbocycles. The molecule has 11 nitrogen and oxygen atoms in total. The molecule has 232 valence electrons. The van der Waals surface area contributed by atoms with Gasteiger partial charge in [-0.25, -0.2) is 4.68 Å². The second-order valence-corrected chi connectivity index (χ2v) is 11.2. The first-order valence-corrected chi connectivity index (χ1v) is 14.4. The summed E-state index contributed by atoms with van der Waals surface area (Å²) in [6, 6.07) is 5.29. The standard InChI is InChI=1S/C30H39F2N7O4/c1-8-38-15-19(5)43-29-26(27(35-37(29)6)30(31,32)41-7)20-9-11-23-22(13-20)24(34-33-23)12-10-21-25(16-38)39(14-18(4)40)36-28(21)42-17(2)3/h9-13,17-19,40H,8,14-16H2,1-7H3,(H,33,34)/b12-10+. The Morgan fingerprint density at radius 1 is 1.21 bits per heavy atom. The quantitative estimate of drug-likeness (QED) is 0.312. The van der Waals surface area contributed by atoms with Crippen LogP contribution in [0.4, 0.5) is 8.78 Å². The van der Waals surface area contributed by atoms with Crippen LogP contribution in [0.2, 0.25) is 0 Å². The van der Waals surface area contributed by atoms with Gasteiger partial charge in [-0.1, -0.05) is 13.0 Å². The van der Waals surface area contributed by atoms with Crippen LogP contribution < -0.4 is 9.47 Å². The summed E-state index contributed by atoms with van der Waals surface area (Å²) >= 11 is 0. The Balaban J connectivity index is 1.75. The molecule has 2 unspecified atom stereocenters. The Hall–Kier alpha value is -3.81. The molecule has 0 fully saturated rings. The van der Waals surface area contributed by atoms with E-state index in [9.17, 15) is 5.11 Å². The topological polar surface area (TPSA) is 115 Å². The number of likely N-dealkylation sites (N-methyl/N-ethyl adjacent to an activating group) is 1. The smallest absolute Gasteiger partial charge is 0.402 e. The maximum Gasteiger partial charge on any atom is 0.402 e. The van der Waals surface area contributed by atoms with Crippen molar-refractivity contribution in [1.29, 1.82) is 0 Å². The summed E-state index contributed by atoms with van der Waals surface area (Å²) in [5, 5.41) is 27.4. The molecule has 4 aromatic rings. The minimum Gasteiger partial charge on any atom is -0.473 e. The number of fused-ring (bicyclic) bond motifs is 4. The Morgan fingerprint density at radius 3 is 2.65 bits per heavy atom. The zero-order valence-corrected chi connectivity index (χ0v) is 25.6. The first-order chi connectivity index (χ1) is 20.4. The number of nitrogens with one attached hydrogen (secondary N) is 1. The van der Waals surface area contributed by atoms with Gasteiger partial charge in [-0.05, 0) is 64.1 Å². The Kier molecular flexibility index (Phi) is 8.59. The van der Waals surface area contributed by atoms with Crippen LogP contribution >= 0.6 is 0 Å². The fraction of sp³-hybridized carbons (Fsp3) is 0.500. The van der Waals surface area contributed by atoms with E-state index in [2.05, 4.69) is 24.9 Å². The fourth-order valence-corrected chi connectivity index (χ4v) is 5.32. The zero-order valence-electron chi connectivity index (χ0n) is 25.6. The lowest BCUT2D eigenvalue weighted by molar-refractivity contribution is -0.234. The lowest BCUT2D eigenvalue weighted by Gasteiger charge is -2.26. The lowest BCUT2D eigenvalue weighted by atomic mass is 10.0. The molecule has 5 rings (SSSR count). The number of aliphatic hydroxyl groups excluding tert-OH is 1. The van der Waals surface area contributed by atoms with E-state index >= 15 is 8.78 Å². The van der Waals surface area contributed by atoms with E-state index in [1.807, 2.05) is 39.8 Å². The molecular formula is C30H39F2N7O4. The maximum atomic E-state index is 15.1. The lowest BCUT2D eigenvalue weighted by Crippen LogP contribution is -2.35. The van der Waals surface area contributed by atoms with Crippen molar-refractivity contribution < 1.29 is 28.1 Å². The Morgan fingerprint density at radius 2 is 1.98 bits per heavy atom. The van der Waals surface area contributed by atoms with Crippen molar-refractivity contribution in [3.8, 4) is 22.9 Å². The van der Waals surface area contributed by atoms with Crippen LogP contribution in [0.25, 0.3) is 34.2 Å². The van der Waals surface area contributed by atoms with Crippen LogP contribution in [0.15, 0.2) is 18.2 Å². The fourth-order valence-electron chi connectivity index (χ4n) is 5.32. The summed E-state index contributed by atoms with van der Waals surface area (Å²) in [6.45, 7) is 11.4. The molecule has 0 spiro atoms. The van der Waals surface area contributed by atoms with Crippen LogP contribution in [0, 0.1) is 0 Å². The van der Waals surface area contributed by atoms with E-state index in [0.29, 0.717) is 42.3 Å². The minimum atomic E-state index is -3.64. The van der Waals surface area contributed by atoms with Gasteiger partial charge < -0.3 is 19.3 Å². The average Bonchev–Trinajstić information content (AvgIpc) is 3.59. The highest BCUT2D eigenvalue weighted by molar-refractivity contribution is 5.93. The molecule has 0 aliphatic carbocycles. The molecule has 0 amide bonds. The van der Waals surface area contributed by atoms with Crippen LogP contribution in [0.1, 0.15) is 57.3 Å². The molecule has 1 aliphatic heterocycles. The minimum absolute atomic E-state index is 0.123. The number of aliphatic hydroxyl groups is 1. The summed E-state index contributed by atoms with van der Waals surface area (Å²) in [7, 11) is 2.53. The number of benzene rings is 1. The van der Waals surface area contributed by atoms with Gasteiger partial charge >= 0.3 is 6.11 Å². The van der Waals surface area contributed by atoms with E-state index in [-0.39, 0.29) is 24.1 Å². The van der Waals surface area contributed by atoms with E-state index in [4.69, 9.17) is 14.6 Å². The molecule has 2 N–H and O–H groups in total. The van der Waals surface area contributed by atoms with Crippen molar-refractivity contribution in [2.24, 2.45) is 7.05 Å². The Labute approximate surface area is 249 Å². The number of H-pyrrole nitrogens is 1. The largest absolute Gasteiger partial charge is 0.473 e. The second-order valence-electron chi connectivity index (χ2n) is 11.2. The first kappa shape index (κ1) is 30.6. The molecule has 2 bridgehead atoms. The van der Waals surface area contributed by atoms with Crippen molar-refractivity contribution in [2.75, 3.05) is 20.2 Å². The van der Waals surface area contributed by atoms with Crippen LogP contribution in [-0.4, -0.2) is 78.3 Å². The Bertz CT molecular complexity index is 1620. The van der Waals surface area contributed by atoms with E-state index in [1.54, 1.807) is 36.9 Å². The van der Waals surface area contributed by atoms with Gasteiger partial charge in [0, 0.05) is 32.6 Å². The summed E-state index contributed by atoms with van der Waals surface area (Å²) in [5.74, 6) is 0.665. The van der Waals surface area contributed by atoms with Crippen molar-refractivity contribution >= 4 is 23.1 Å². The number of rotatable bonds is 7. The van der Waals surface area contributed by atoms with Gasteiger partial charge in [0.2, 0.25) is 11.8 Å². The number of aromatic amines is 1. The molecule has 0 radical (unpaired) electrons. The third-order valence-electron chi connectivity index (χ3n) is 7.31. The van der Waals surface area contributed by atoms with Gasteiger partial charge in [0.15, 0.2) is 5.69 Å². The van der Waals surface area contributed by atoms with Crippen molar-refractivity contribution in [1.82, 2.24) is 34.7 Å². The molecule has 3 aromatic heterocycles. The first-order valence-electron chi connectivity index (χ1n) is 14.4. The molecule has 0 saturated carbocycles. The molecule has 2 atom stereocenters. The van der Waals surface area contributed by atoms with Gasteiger partial charge in [-0.2, -0.15) is 19.0 Å². The van der Waals surface area contributed by atoms with Gasteiger partial charge in [-0.15, -0.1) is 5.10 Å². The predicted octanol–water partition coefficient (Wildman–Crippen LogP) is 4.80. The van der Waals surface area contributed by atoms with Crippen LogP contribution in [-0.2, 0) is 31.0 Å². The van der Waals surface area contributed by atoms with Crippen molar-refractivity contribution in [3.63, 3.8) is 0 Å². The summed E-state index contributed by atoms with van der Waals surface area (Å²) in [5.41, 5.74) is 3.09. The summed E-state index contributed by atoms with van der Waals surface area (Å²) in [6.07, 6.45) is -1.01. The SMILES string of the molecule is CCN1Cc2c(c(OC(C)C)nn2CC(C)O)/C=C/c2[nH]nc3ccc(cc23)-c2c(C(F)(F)OC)nn(C)c2OC(C)C1. The number of aryl methyl sites for hydroxylation is 1. The third kappa shape index (κ3) is 6.15. The van der Waals surface area contributed by atoms with E-state index < -0.39 is 24.0 Å². The van der Waals surface area contributed by atoms with Gasteiger partial charge in [0.05, 0.1) is 46.8 Å². The van der Waals surface area contributed by atoms with Crippen LogP contribution in [0.3, 0.4) is 0 Å². The average molecular weight is 600 g/mol. The number of nitrogens with zero attached hydrogens (tertiary/aromatic N) is 6. The number of ether oxygens (including phenoxy) is 3. The van der Waals surface area contributed by atoms with Crippen LogP contribution in [0.5, 0.6) is 11.8 Å². The van der Waals surface area contributed by atoms with Crippen molar-refractivity contribution in [2.45, 2.75) is 72.1 Å². The number of hydrogen-bond acceptors (Lipinski definition) is 8. The van der Waals surface area contributed by atoms with Gasteiger partial charge in [-0.3, -0.25) is 14.7 Å². The summed E-state index contributed by atoms with van der Waals surface area (Å²) in [4.78, 5) is 2.17. The van der Waals surface area contributed by atoms with Crippen molar-refractivity contribution in [3.05, 3.63) is 40.8 Å².